The van der Waals surface area contributed by atoms with E-state index >= 15 is 0 Å². The Morgan fingerprint density at radius 3 is 2.82 bits per heavy atom. The third-order valence-corrected chi connectivity index (χ3v) is 3.10. The van der Waals surface area contributed by atoms with Gasteiger partial charge in [-0.05, 0) is 40.2 Å². The zero-order valence-corrected chi connectivity index (χ0v) is 14.6. The van der Waals surface area contributed by atoms with E-state index in [0.717, 1.165) is 38.3 Å². The van der Waals surface area contributed by atoms with Crippen molar-refractivity contribution in [3.8, 4) is 0 Å². The molecule has 1 N–H and O–H groups in total. The highest BCUT2D eigenvalue weighted by atomic mass is 16.6. The van der Waals surface area contributed by atoms with Gasteiger partial charge in [-0.15, -0.1) is 0 Å². The zero-order chi connectivity index (χ0) is 16.6. The van der Waals surface area contributed by atoms with E-state index in [1.54, 1.807) is 11.9 Å². The number of hydrogen-bond donors (Lipinski definition) is 1. The predicted molar refractivity (Wildman–Crippen MR) is 87.7 cm³/mol. The average molecular weight is 310 g/mol. The lowest BCUT2D eigenvalue weighted by Crippen LogP contribution is -2.35. The van der Waals surface area contributed by atoms with Gasteiger partial charge in [0.05, 0.1) is 6.54 Å². The van der Waals surface area contributed by atoms with Crippen LogP contribution in [0.5, 0.6) is 0 Å². The van der Waals surface area contributed by atoms with Gasteiger partial charge in [0.2, 0.25) is 0 Å². The van der Waals surface area contributed by atoms with E-state index in [0.29, 0.717) is 6.54 Å². The maximum Gasteiger partial charge on any atom is 0.410 e. The molecule has 0 spiro atoms. The minimum Gasteiger partial charge on any atom is -0.444 e. The van der Waals surface area contributed by atoms with Crippen LogP contribution >= 0.6 is 0 Å². The van der Waals surface area contributed by atoms with Crippen molar-refractivity contribution < 1.29 is 9.53 Å². The first-order chi connectivity index (χ1) is 10.3. The van der Waals surface area contributed by atoms with Gasteiger partial charge in [-0.3, -0.25) is 0 Å². The Hall–Kier alpha value is -1.56. The van der Waals surface area contributed by atoms with Crippen LogP contribution in [-0.4, -0.2) is 46.3 Å². The van der Waals surface area contributed by atoms with E-state index in [4.69, 9.17) is 4.74 Å². The first-order valence-corrected chi connectivity index (χ1v) is 7.98. The summed E-state index contributed by atoms with van der Waals surface area (Å²) >= 11 is 0. The number of ether oxygens (including phenoxy) is 1. The molecule has 0 radical (unpaired) electrons. The molecule has 126 valence electrons. The van der Waals surface area contributed by atoms with Crippen molar-refractivity contribution >= 4 is 6.09 Å². The normalized spacial score (nSPS) is 11.5. The van der Waals surface area contributed by atoms with Gasteiger partial charge in [0, 0.05) is 32.5 Å². The molecule has 0 fully saturated rings. The van der Waals surface area contributed by atoms with Gasteiger partial charge in [-0.1, -0.05) is 6.92 Å². The molecule has 0 atom stereocenters. The number of nitrogens with zero attached hydrogens (tertiary/aromatic N) is 3. The van der Waals surface area contributed by atoms with Crippen LogP contribution in [0.1, 0.15) is 46.4 Å². The molecule has 0 unspecified atom stereocenters. The molecule has 22 heavy (non-hydrogen) atoms. The first-order valence-electron chi connectivity index (χ1n) is 7.98. The fourth-order valence-electron chi connectivity index (χ4n) is 2.02. The van der Waals surface area contributed by atoms with E-state index in [9.17, 15) is 4.79 Å². The van der Waals surface area contributed by atoms with Crippen molar-refractivity contribution in [2.75, 3.05) is 20.1 Å². The fourth-order valence-corrected chi connectivity index (χ4v) is 2.02. The van der Waals surface area contributed by atoms with Crippen molar-refractivity contribution in [1.82, 2.24) is 19.8 Å². The average Bonchev–Trinajstić information content (AvgIpc) is 2.84. The van der Waals surface area contributed by atoms with Gasteiger partial charge in [0.1, 0.15) is 11.4 Å². The Morgan fingerprint density at radius 2 is 2.18 bits per heavy atom. The Bertz CT molecular complexity index is 451. The molecular formula is C16H30N4O2. The van der Waals surface area contributed by atoms with Gasteiger partial charge in [0.15, 0.2) is 0 Å². The Morgan fingerprint density at radius 1 is 1.45 bits per heavy atom. The Kier molecular flexibility index (Phi) is 7.38. The molecule has 1 rings (SSSR count). The predicted octanol–water partition coefficient (Wildman–Crippen LogP) is 2.64. The number of rotatable bonds is 8. The summed E-state index contributed by atoms with van der Waals surface area (Å²) in [6.45, 7) is 11.0. The summed E-state index contributed by atoms with van der Waals surface area (Å²) < 4.78 is 7.48. The van der Waals surface area contributed by atoms with Crippen LogP contribution < -0.4 is 5.32 Å². The number of amides is 1. The van der Waals surface area contributed by atoms with Crippen LogP contribution in [-0.2, 0) is 17.8 Å². The fraction of sp³-hybridized carbons (Fsp3) is 0.750. The molecule has 1 amide bonds. The largest absolute Gasteiger partial charge is 0.444 e. The molecular weight excluding hydrogens is 280 g/mol. The SMILES string of the molecule is CCCn1ccnc1CNCCCN(C)C(=O)OC(C)(C)C. The first kappa shape index (κ1) is 18.5. The van der Waals surface area contributed by atoms with Crippen LogP contribution in [0.3, 0.4) is 0 Å². The van der Waals surface area contributed by atoms with E-state index in [1.165, 1.54) is 0 Å². The second-order valence-corrected chi connectivity index (χ2v) is 6.47. The van der Waals surface area contributed by atoms with Gasteiger partial charge in [-0.25, -0.2) is 9.78 Å². The zero-order valence-electron chi connectivity index (χ0n) is 14.6. The van der Waals surface area contributed by atoms with E-state index in [-0.39, 0.29) is 6.09 Å². The molecule has 0 saturated carbocycles. The monoisotopic (exact) mass is 310 g/mol. The number of nitrogens with one attached hydrogen (secondary N) is 1. The lowest BCUT2D eigenvalue weighted by Gasteiger charge is -2.24. The number of hydrogen-bond acceptors (Lipinski definition) is 4. The topological polar surface area (TPSA) is 59.4 Å². The highest BCUT2D eigenvalue weighted by Crippen LogP contribution is 2.09. The van der Waals surface area contributed by atoms with E-state index in [2.05, 4.69) is 21.8 Å². The van der Waals surface area contributed by atoms with Gasteiger partial charge in [0.25, 0.3) is 0 Å². The highest BCUT2D eigenvalue weighted by Gasteiger charge is 2.18. The lowest BCUT2D eigenvalue weighted by molar-refractivity contribution is 0.0297. The quantitative estimate of drug-likeness (QED) is 0.750. The maximum absolute atomic E-state index is 11.8. The smallest absolute Gasteiger partial charge is 0.410 e. The van der Waals surface area contributed by atoms with Gasteiger partial charge >= 0.3 is 6.09 Å². The molecule has 1 heterocycles. The second kappa shape index (κ2) is 8.78. The van der Waals surface area contributed by atoms with Crippen LogP contribution in [0.15, 0.2) is 12.4 Å². The third kappa shape index (κ3) is 6.93. The number of aromatic nitrogens is 2. The van der Waals surface area contributed by atoms with E-state index in [1.807, 2.05) is 33.2 Å². The van der Waals surface area contributed by atoms with Crippen LogP contribution in [0.25, 0.3) is 0 Å². The highest BCUT2D eigenvalue weighted by molar-refractivity contribution is 5.67. The van der Waals surface area contributed by atoms with Gasteiger partial charge in [-0.2, -0.15) is 0 Å². The van der Waals surface area contributed by atoms with Crippen molar-refractivity contribution in [3.05, 3.63) is 18.2 Å². The number of carbonyl (C=O) groups is 1. The number of aryl methyl sites for hydroxylation is 1. The molecule has 0 bridgehead atoms. The van der Waals surface area contributed by atoms with Crippen LogP contribution in [0, 0.1) is 0 Å². The summed E-state index contributed by atoms with van der Waals surface area (Å²) in [5.41, 5.74) is -0.444. The Labute approximate surface area is 133 Å². The molecule has 6 heteroatoms. The third-order valence-electron chi connectivity index (χ3n) is 3.10. The number of imidazole rings is 1. The second-order valence-electron chi connectivity index (χ2n) is 6.47. The summed E-state index contributed by atoms with van der Waals surface area (Å²) in [6.07, 6.45) is 5.56. The molecule has 0 aliphatic carbocycles. The maximum atomic E-state index is 11.8. The summed E-state index contributed by atoms with van der Waals surface area (Å²) in [4.78, 5) is 17.8. The number of carbonyl (C=O) groups excluding carboxylic acids is 1. The van der Waals surface area contributed by atoms with Crippen LogP contribution in [0.2, 0.25) is 0 Å². The molecule has 1 aromatic rings. The Balaban J connectivity index is 2.19. The standard InChI is InChI=1S/C16H30N4O2/c1-6-10-20-12-9-18-14(20)13-17-8-7-11-19(5)15(21)22-16(2,3)4/h9,12,17H,6-8,10-11,13H2,1-5H3. The van der Waals surface area contributed by atoms with Crippen molar-refractivity contribution in [3.63, 3.8) is 0 Å². The minimum absolute atomic E-state index is 0.272. The lowest BCUT2D eigenvalue weighted by atomic mass is 10.2. The molecule has 1 aromatic heterocycles. The molecule has 6 nitrogen and oxygen atoms in total. The minimum atomic E-state index is -0.444. The molecule has 0 aliphatic rings. The summed E-state index contributed by atoms with van der Waals surface area (Å²) in [5, 5.41) is 3.37. The van der Waals surface area contributed by atoms with Crippen molar-refractivity contribution in [1.29, 1.82) is 0 Å². The summed E-state index contributed by atoms with van der Waals surface area (Å²) in [5.74, 6) is 1.06. The summed E-state index contributed by atoms with van der Waals surface area (Å²) in [6, 6.07) is 0. The van der Waals surface area contributed by atoms with E-state index < -0.39 is 5.60 Å². The van der Waals surface area contributed by atoms with Gasteiger partial charge < -0.3 is 19.5 Å². The molecule has 0 saturated heterocycles. The molecule has 0 aromatic carbocycles. The van der Waals surface area contributed by atoms with Crippen molar-refractivity contribution in [2.45, 2.75) is 59.2 Å². The van der Waals surface area contributed by atoms with Crippen LogP contribution in [0.4, 0.5) is 4.79 Å². The summed E-state index contributed by atoms with van der Waals surface area (Å²) in [7, 11) is 1.77. The molecule has 0 aliphatic heterocycles. The van der Waals surface area contributed by atoms with Crippen molar-refractivity contribution in [2.24, 2.45) is 0 Å².